The summed E-state index contributed by atoms with van der Waals surface area (Å²) in [5.41, 5.74) is 2.55. The maximum Gasteiger partial charge on any atom is 0.242 e. The van der Waals surface area contributed by atoms with Gasteiger partial charge < -0.3 is 5.32 Å². The molecule has 0 bridgehead atoms. The average molecular weight is 401 g/mol. The molecule has 0 aliphatic carbocycles. The number of benzene rings is 1. The lowest BCUT2D eigenvalue weighted by molar-refractivity contribution is -0.123. The molecule has 0 saturated heterocycles. The van der Waals surface area contributed by atoms with Crippen LogP contribution in [0.2, 0.25) is 10.0 Å². The van der Waals surface area contributed by atoms with Crippen molar-refractivity contribution < 1.29 is 4.79 Å². The summed E-state index contributed by atoms with van der Waals surface area (Å²) in [7, 11) is 0. The number of amides is 1. The van der Waals surface area contributed by atoms with Crippen LogP contribution in [0, 0.1) is 0 Å². The van der Waals surface area contributed by atoms with E-state index in [-0.39, 0.29) is 5.91 Å². The van der Waals surface area contributed by atoms with Crippen LogP contribution in [-0.2, 0) is 17.9 Å². The highest BCUT2D eigenvalue weighted by atomic mass is 35.5. The van der Waals surface area contributed by atoms with Crippen LogP contribution in [0.4, 0.5) is 0 Å². The van der Waals surface area contributed by atoms with Gasteiger partial charge in [-0.3, -0.25) is 20.1 Å². The minimum absolute atomic E-state index is 0.197. The summed E-state index contributed by atoms with van der Waals surface area (Å²) in [5.74, 6) is -0.197. The SMILES string of the molecule is O=C(NCc1cccnc1)C(NCc1ccncc1)c1cc(Cl)ccc1Cl. The highest BCUT2D eigenvalue weighted by Gasteiger charge is 2.23. The van der Waals surface area contributed by atoms with E-state index < -0.39 is 6.04 Å². The van der Waals surface area contributed by atoms with Crippen LogP contribution < -0.4 is 10.6 Å². The number of halogens is 2. The highest BCUT2D eigenvalue weighted by Crippen LogP contribution is 2.27. The van der Waals surface area contributed by atoms with Crippen LogP contribution in [0.3, 0.4) is 0 Å². The number of carbonyl (C=O) groups is 1. The van der Waals surface area contributed by atoms with Gasteiger partial charge in [0.25, 0.3) is 0 Å². The van der Waals surface area contributed by atoms with Crippen LogP contribution in [-0.4, -0.2) is 15.9 Å². The lowest BCUT2D eigenvalue weighted by Crippen LogP contribution is -2.37. The monoisotopic (exact) mass is 400 g/mol. The van der Waals surface area contributed by atoms with E-state index in [0.717, 1.165) is 11.1 Å². The van der Waals surface area contributed by atoms with Gasteiger partial charge in [-0.1, -0.05) is 29.3 Å². The number of hydrogen-bond donors (Lipinski definition) is 2. The van der Waals surface area contributed by atoms with Gasteiger partial charge in [0.15, 0.2) is 0 Å². The number of aromatic nitrogens is 2. The second-order valence-electron chi connectivity index (χ2n) is 5.91. The second-order valence-corrected chi connectivity index (χ2v) is 6.76. The molecule has 2 heterocycles. The molecule has 1 aromatic carbocycles. The molecule has 7 heteroatoms. The first-order valence-corrected chi connectivity index (χ1v) is 9.13. The van der Waals surface area contributed by atoms with Crippen molar-refractivity contribution in [3.05, 3.63) is 94.0 Å². The van der Waals surface area contributed by atoms with Crippen LogP contribution in [0.5, 0.6) is 0 Å². The number of nitrogens with zero attached hydrogens (tertiary/aromatic N) is 2. The van der Waals surface area contributed by atoms with E-state index in [1.165, 1.54) is 0 Å². The quantitative estimate of drug-likeness (QED) is 0.630. The summed E-state index contributed by atoms with van der Waals surface area (Å²) < 4.78 is 0. The first kappa shape index (κ1) is 19.3. The number of carbonyl (C=O) groups excluding carboxylic acids is 1. The van der Waals surface area contributed by atoms with E-state index in [1.807, 2.05) is 24.3 Å². The molecule has 0 radical (unpaired) electrons. The lowest BCUT2D eigenvalue weighted by atomic mass is 10.1. The van der Waals surface area contributed by atoms with Gasteiger partial charge in [0, 0.05) is 47.9 Å². The molecule has 2 N–H and O–H groups in total. The van der Waals surface area contributed by atoms with E-state index in [9.17, 15) is 4.79 Å². The van der Waals surface area contributed by atoms with Crippen LogP contribution >= 0.6 is 23.2 Å². The zero-order chi connectivity index (χ0) is 19.1. The third-order valence-electron chi connectivity index (χ3n) is 3.98. The predicted molar refractivity (Wildman–Crippen MR) is 106 cm³/mol. The Balaban J connectivity index is 1.77. The van der Waals surface area contributed by atoms with Gasteiger partial charge in [-0.15, -0.1) is 0 Å². The minimum Gasteiger partial charge on any atom is -0.350 e. The number of rotatable bonds is 7. The van der Waals surface area contributed by atoms with E-state index >= 15 is 0 Å². The summed E-state index contributed by atoms with van der Waals surface area (Å²) in [6, 6.07) is 11.9. The Bertz CT molecular complexity index is 891. The molecule has 138 valence electrons. The van der Waals surface area contributed by atoms with Crippen LogP contribution in [0.25, 0.3) is 0 Å². The van der Waals surface area contributed by atoms with Crippen molar-refractivity contribution in [2.24, 2.45) is 0 Å². The third-order valence-corrected chi connectivity index (χ3v) is 4.56. The minimum atomic E-state index is -0.652. The summed E-state index contributed by atoms with van der Waals surface area (Å²) in [6.07, 6.45) is 6.82. The average Bonchev–Trinajstić information content (AvgIpc) is 2.70. The van der Waals surface area contributed by atoms with Crippen molar-refractivity contribution >= 4 is 29.1 Å². The maximum absolute atomic E-state index is 12.9. The summed E-state index contributed by atoms with van der Waals surface area (Å²) in [5, 5.41) is 7.18. The molecule has 0 saturated carbocycles. The number of nitrogens with one attached hydrogen (secondary N) is 2. The Morgan fingerprint density at radius 2 is 1.78 bits per heavy atom. The van der Waals surface area contributed by atoms with E-state index in [1.54, 1.807) is 43.0 Å². The molecule has 0 aliphatic rings. The fraction of sp³-hybridized carbons (Fsp3) is 0.150. The first-order chi connectivity index (χ1) is 13.1. The Kier molecular flexibility index (Phi) is 6.76. The zero-order valence-corrected chi connectivity index (χ0v) is 15.9. The van der Waals surface area contributed by atoms with Crippen molar-refractivity contribution in [2.45, 2.75) is 19.1 Å². The van der Waals surface area contributed by atoms with Crippen molar-refractivity contribution in [2.75, 3.05) is 0 Å². The molecule has 5 nitrogen and oxygen atoms in total. The highest BCUT2D eigenvalue weighted by molar-refractivity contribution is 6.33. The maximum atomic E-state index is 12.9. The number of pyridine rings is 2. The zero-order valence-electron chi connectivity index (χ0n) is 14.4. The van der Waals surface area contributed by atoms with Gasteiger partial charge in [0.05, 0.1) is 0 Å². The van der Waals surface area contributed by atoms with Crippen molar-refractivity contribution in [1.29, 1.82) is 0 Å². The Morgan fingerprint density at radius 3 is 2.52 bits per heavy atom. The van der Waals surface area contributed by atoms with E-state index in [2.05, 4.69) is 20.6 Å². The standard InChI is InChI=1S/C20H18Cl2N4O/c21-16-3-4-18(22)17(10-16)19(25-12-14-5-8-23-9-6-14)20(27)26-13-15-2-1-7-24-11-15/h1-11,19,25H,12-13H2,(H,26,27). The predicted octanol–water partition coefficient (Wildman–Crippen LogP) is 3.93. The molecular formula is C20H18Cl2N4O. The van der Waals surface area contributed by atoms with Crippen molar-refractivity contribution in [3.8, 4) is 0 Å². The Hall–Kier alpha value is -2.47. The van der Waals surface area contributed by atoms with Gasteiger partial charge in [0.1, 0.15) is 6.04 Å². The molecule has 2 aromatic heterocycles. The summed E-state index contributed by atoms with van der Waals surface area (Å²) in [4.78, 5) is 21.0. The normalized spacial score (nSPS) is 11.8. The molecule has 0 fully saturated rings. The van der Waals surface area contributed by atoms with Gasteiger partial charge >= 0.3 is 0 Å². The third kappa shape index (κ3) is 5.50. The van der Waals surface area contributed by atoms with Gasteiger partial charge in [-0.05, 0) is 53.1 Å². The van der Waals surface area contributed by atoms with Gasteiger partial charge in [0.2, 0.25) is 5.91 Å². The largest absolute Gasteiger partial charge is 0.350 e. The molecule has 27 heavy (non-hydrogen) atoms. The molecule has 3 rings (SSSR count). The van der Waals surface area contributed by atoms with Crippen molar-refractivity contribution in [1.82, 2.24) is 20.6 Å². The van der Waals surface area contributed by atoms with Crippen LogP contribution in [0.1, 0.15) is 22.7 Å². The van der Waals surface area contributed by atoms with E-state index in [4.69, 9.17) is 23.2 Å². The molecule has 1 unspecified atom stereocenters. The molecule has 0 aliphatic heterocycles. The molecule has 0 spiro atoms. The fourth-order valence-corrected chi connectivity index (χ4v) is 3.00. The van der Waals surface area contributed by atoms with Gasteiger partial charge in [-0.2, -0.15) is 0 Å². The molecule has 1 atom stereocenters. The fourth-order valence-electron chi connectivity index (χ4n) is 2.59. The van der Waals surface area contributed by atoms with Crippen LogP contribution in [0.15, 0.2) is 67.3 Å². The van der Waals surface area contributed by atoms with Gasteiger partial charge in [-0.25, -0.2) is 0 Å². The molecule has 3 aromatic rings. The Morgan fingerprint density at radius 1 is 0.963 bits per heavy atom. The Labute approximate surface area is 167 Å². The first-order valence-electron chi connectivity index (χ1n) is 8.37. The second kappa shape index (κ2) is 9.46. The molecular weight excluding hydrogens is 383 g/mol. The lowest BCUT2D eigenvalue weighted by Gasteiger charge is -2.20. The molecule has 1 amide bonds. The number of hydrogen-bond acceptors (Lipinski definition) is 4. The topological polar surface area (TPSA) is 66.9 Å². The summed E-state index contributed by atoms with van der Waals surface area (Å²) in [6.45, 7) is 0.856. The summed E-state index contributed by atoms with van der Waals surface area (Å²) >= 11 is 12.5. The van der Waals surface area contributed by atoms with E-state index in [0.29, 0.717) is 28.7 Å². The smallest absolute Gasteiger partial charge is 0.242 e. The van der Waals surface area contributed by atoms with Crippen molar-refractivity contribution in [3.63, 3.8) is 0 Å².